The van der Waals surface area contributed by atoms with Gasteiger partial charge < -0.3 is 15.5 Å². The van der Waals surface area contributed by atoms with E-state index in [1.807, 2.05) is 42.5 Å². The first-order valence-corrected chi connectivity index (χ1v) is 17.4. The third kappa shape index (κ3) is 6.34. The third-order valence-electron chi connectivity index (χ3n) is 9.27. The number of sulfonamides is 1. The Morgan fingerprint density at radius 1 is 0.979 bits per heavy atom. The number of hydrogen-bond donors (Lipinski definition) is 3. The van der Waals surface area contributed by atoms with E-state index in [9.17, 15) is 41.4 Å². The maximum Gasteiger partial charge on any atom is 0.416 e. The van der Waals surface area contributed by atoms with Gasteiger partial charge in [0.05, 0.1) is 5.56 Å². The van der Waals surface area contributed by atoms with Crippen LogP contribution in [-0.2, 0) is 27.4 Å². The van der Waals surface area contributed by atoms with Gasteiger partial charge >= 0.3 is 12.1 Å². The van der Waals surface area contributed by atoms with Crippen molar-refractivity contribution in [3.63, 3.8) is 0 Å². The van der Waals surface area contributed by atoms with Crippen LogP contribution in [-0.4, -0.2) is 59.2 Å². The second kappa shape index (κ2) is 13.4. The van der Waals surface area contributed by atoms with Crippen LogP contribution in [0.1, 0.15) is 61.3 Å². The molecule has 254 valence electrons. The summed E-state index contributed by atoms with van der Waals surface area (Å²) in [6.07, 6.45) is -1.14. The lowest BCUT2D eigenvalue weighted by Gasteiger charge is -2.36. The summed E-state index contributed by atoms with van der Waals surface area (Å²) in [6, 6.07) is 15.5. The van der Waals surface area contributed by atoms with Crippen LogP contribution in [0.3, 0.4) is 0 Å². The first-order chi connectivity index (χ1) is 22.9. The topological polar surface area (TPSA) is 129 Å². The van der Waals surface area contributed by atoms with Crippen molar-refractivity contribution >= 4 is 32.5 Å². The molecule has 0 spiro atoms. The fourth-order valence-corrected chi connectivity index (χ4v) is 8.84. The fraction of sp³-hybridized carbons (Fsp3) is 0.371. The molecule has 1 unspecified atom stereocenters. The van der Waals surface area contributed by atoms with E-state index in [4.69, 9.17) is 0 Å². The molecule has 1 aliphatic carbocycles. The Morgan fingerprint density at radius 3 is 2.40 bits per heavy atom. The molecule has 1 aromatic heterocycles. The van der Waals surface area contributed by atoms with Crippen LogP contribution >= 0.6 is 0 Å². The minimum atomic E-state index is -4.76. The first-order valence-electron chi connectivity index (χ1n) is 16.0. The van der Waals surface area contributed by atoms with Gasteiger partial charge in [-0.15, -0.1) is 0 Å². The Morgan fingerprint density at radius 2 is 1.69 bits per heavy atom. The summed E-state index contributed by atoms with van der Waals surface area (Å²) in [7, 11) is -4.64. The normalized spacial score (nSPS) is 18.2. The van der Waals surface area contributed by atoms with Gasteiger partial charge in [0.1, 0.15) is 11.7 Å². The number of nitrogens with zero attached hydrogens (tertiary/aromatic N) is 2. The van der Waals surface area contributed by atoms with Crippen LogP contribution in [0, 0.1) is 0 Å². The number of unbranched alkanes of at least 4 members (excludes halogenated alkanes) is 1. The second-order valence-electron chi connectivity index (χ2n) is 12.4. The summed E-state index contributed by atoms with van der Waals surface area (Å²) in [6.45, 7) is -0.916. The number of rotatable bonds is 10. The van der Waals surface area contributed by atoms with Gasteiger partial charge in [-0.05, 0) is 65.3 Å². The molecular formula is C35H36F3N3O6S. The Bertz CT molecular complexity index is 2020. The molecule has 3 N–H and O–H groups in total. The molecule has 9 nitrogen and oxygen atoms in total. The highest BCUT2D eigenvalue weighted by molar-refractivity contribution is 7.89. The molecule has 2 heterocycles. The Labute approximate surface area is 275 Å². The molecule has 0 radical (unpaired) electrons. The molecule has 1 atom stereocenters. The highest BCUT2D eigenvalue weighted by Crippen LogP contribution is 2.43. The molecule has 4 aromatic rings. The van der Waals surface area contributed by atoms with E-state index in [2.05, 4.69) is 5.32 Å². The second-order valence-corrected chi connectivity index (χ2v) is 14.2. The lowest BCUT2D eigenvalue weighted by Crippen LogP contribution is -2.50. The molecule has 1 fully saturated rings. The van der Waals surface area contributed by atoms with Crippen LogP contribution < -0.4 is 10.9 Å². The van der Waals surface area contributed by atoms with E-state index in [0.29, 0.717) is 18.4 Å². The average Bonchev–Trinajstić information content (AvgIpc) is 3.57. The predicted molar refractivity (Wildman–Crippen MR) is 176 cm³/mol. The van der Waals surface area contributed by atoms with Crippen molar-refractivity contribution < 1.29 is 36.6 Å². The standard InChI is InChI=1S/C35H36F3N3O6S/c36-35(37,38)25-13-8-12-24(19-25)30-28(20-23-11-7-10-22-9-1-4-16-27(22)23)31(39-26-14-2-3-15-26)32(43)41-29(34(44)45)21-40(17-5-6-18-42)48(46,47)33(30)41/h1,4,7-13,16,19,26,29,39,42H,2-3,5-6,14-15,17-18,20-21H2,(H,44,45). The Hall–Kier alpha value is -4.20. The van der Waals surface area contributed by atoms with Gasteiger partial charge in [0.15, 0.2) is 5.03 Å². The van der Waals surface area contributed by atoms with Gasteiger partial charge in [-0.25, -0.2) is 13.2 Å². The lowest BCUT2D eigenvalue weighted by atomic mass is 9.91. The number of aliphatic carboxylic acids is 1. The molecule has 0 saturated heterocycles. The molecule has 3 aromatic carbocycles. The maximum atomic E-state index is 14.6. The van der Waals surface area contributed by atoms with Crippen molar-refractivity contribution in [3.05, 3.63) is 93.8 Å². The molecule has 6 rings (SSSR count). The number of anilines is 1. The van der Waals surface area contributed by atoms with Crippen molar-refractivity contribution in [1.29, 1.82) is 0 Å². The number of benzene rings is 3. The number of aliphatic hydroxyl groups excluding tert-OH is 1. The number of alkyl halides is 3. The Kier molecular flexibility index (Phi) is 9.38. The smallest absolute Gasteiger partial charge is 0.416 e. The number of aromatic nitrogens is 1. The van der Waals surface area contributed by atoms with Crippen LogP contribution in [0.15, 0.2) is 76.6 Å². The maximum absolute atomic E-state index is 14.6. The largest absolute Gasteiger partial charge is 0.480 e. The summed E-state index contributed by atoms with van der Waals surface area (Å²) in [5.74, 6) is -1.45. The van der Waals surface area contributed by atoms with Gasteiger partial charge in [0.25, 0.3) is 15.6 Å². The molecule has 1 aliphatic heterocycles. The number of carboxylic acid groups (broad SMARTS) is 1. The summed E-state index contributed by atoms with van der Waals surface area (Å²) < 4.78 is 73.1. The number of carbonyl (C=O) groups is 1. The van der Waals surface area contributed by atoms with Crippen molar-refractivity contribution in [2.24, 2.45) is 0 Å². The summed E-state index contributed by atoms with van der Waals surface area (Å²) in [5.41, 5.74) is -1.25. The van der Waals surface area contributed by atoms with Crippen molar-refractivity contribution in [2.45, 2.75) is 68.2 Å². The minimum Gasteiger partial charge on any atom is -0.480 e. The molecule has 1 saturated carbocycles. The highest BCUT2D eigenvalue weighted by Gasteiger charge is 2.45. The zero-order valence-corrected chi connectivity index (χ0v) is 26.9. The molecule has 48 heavy (non-hydrogen) atoms. The van der Waals surface area contributed by atoms with Crippen LogP contribution in [0.25, 0.3) is 21.9 Å². The Balaban J connectivity index is 1.73. The summed E-state index contributed by atoms with van der Waals surface area (Å²) >= 11 is 0. The number of hydrogen-bond acceptors (Lipinski definition) is 6. The van der Waals surface area contributed by atoms with Gasteiger partial charge in [0, 0.05) is 37.7 Å². The molecule has 0 bridgehead atoms. The average molecular weight is 684 g/mol. The first kappa shape index (κ1) is 33.7. The summed E-state index contributed by atoms with van der Waals surface area (Å²) in [5, 5.41) is 24.1. The van der Waals surface area contributed by atoms with Crippen molar-refractivity contribution in [3.8, 4) is 11.1 Å². The number of nitrogens with one attached hydrogen (secondary N) is 1. The highest BCUT2D eigenvalue weighted by atomic mass is 32.2. The quantitative estimate of drug-likeness (QED) is 0.174. The van der Waals surface area contributed by atoms with E-state index in [-0.39, 0.29) is 60.8 Å². The lowest BCUT2D eigenvalue weighted by molar-refractivity contribution is -0.141. The number of carboxylic acids is 1. The molecule has 13 heteroatoms. The minimum absolute atomic E-state index is 0.0128. The molecule has 2 aliphatic rings. The number of halogens is 3. The summed E-state index contributed by atoms with van der Waals surface area (Å²) in [4.78, 5) is 27.4. The van der Waals surface area contributed by atoms with Gasteiger partial charge in [0.2, 0.25) is 0 Å². The van der Waals surface area contributed by atoms with E-state index >= 15 is 0 Å². The van der Waals surface area contributed by atoms with Crippen LogP contribution in [0.5, 0.6) is 0 Å². The van der Waals surface area contributed by atoms with E-state index in [0.717, 1.165) is 44.6 Å². The zero-order valence-electron chi connectivity index (χ0n) is 26.0. The number of pyridine rings is 1. The molecular weight excluding hydrogens is 647 g/mol. The zero-order chi connectivity index (χ0) is 34.2. The van der Waals surface area contributed by atoms with E-state index < -0.39 is 50.9 Å². The van der Waals surface area contributed by atoms with Crippen LogP contribution in [0.2, 0.25) is 0 Å². The van der Waals surface area contributed by atoms with Crippen molar-refractivity contribution in [2.75, 3.05) is 25.0 Å². The number of fused-ring (bicyclic) bond motifs is 2. The third-order valence-corrected chi connectivity index (χ3v) is 11.2. The molecule has 0 amide bonds. The monoisotopic (exact) mass is 683 g/mol. The fourth-order valence-electron chi connectivity index (χ4n) is 6.93. The van der Waals surface area contributed by atoms with E-state index in [1.54, 1.807) is 0 Å². The van der Waals surface area contributed by atoms with Crippen molar-refractivity contribution in [1.82, 2.24) is 8.87 Å². The SMILES string of the molecule is O=C(O)C1CN(CCCCO)S(=O)(=O)c2c(-c3cccc(C(F)(F)F)c3)c(Cc3cccc4ccccc34)c(NC3CCCC3)c(=O)n21. The van der Waals surface area contributed by atoms with Crippen LogP contribution in [0.4, 0.5) is 18.9 Å². The van der Waals surface area contributed by atoms with Gasteiger partial charge in [-0.1, -0.05) is 67.4 Å². The van der Waals surface area contributed by atoms with Gasteiger partial charge in [-0.3, -0.25) is 9.36 Å². The van der Waals surface area contributed by atoms with E-state index in [1.165, 1.54) is 12.1 Å². The predicted octanol–water partition coefficient (Wildman–Crippen LogP) is 6.04. The number of aliphatic hydroxyl groups is 1. The van der Waals surface area contributed by atoms with Gasteiger partial charge in [-0.2, -0.15) is 17.5 Å².